The minimum absolute atomic E-state index is 0.167. The van der Waals surface area contributed by atoms with Crippen LogP contribution in [-0.2, 0) is 6.42 Å². The molecule has 0 bridgehead atoms. The van der Waals surface area contributed by atoms with Crippen molar-refractivity contribution in [2.45, 2.75) is 36.4 Å². The number of hydrogen-bond donors (Lipinski definition) is 1. The van der Waals surface area contributed by atoms with Crippen LogP contribution in [0, 0.1) is 6.92 Å². The maximum absolute atomic E-state index is 5.79. The van der Waals surface area contributed by atoms with Crippen LogP contribution >= 0.6 is 11.8 Å². The van der Waals surface area contributed by atoms with Crippen LogP contribution in [0.4, 0.5) is 0 Å². The zero-order valence-electron chi connectivity index (χ0n) is 10.6. The van der Waals surface area contributed by atoms with E-state index in [9.17, 15) is 0 Å². The highest BCUT2D eigenvalue weighted by Crippen LogP contribution is 2.26. The van der Waals surface area contributed by atoms with E-state index < -0.39 is 0 Å². The summed E-state index contributed by atoms with van der Waals surface area (Å²) in [6, 6.07) is 8.20. The highest BCUT2D eigenvalue weighted by molar-refractivity contribution is 7.99. The summed E-state index contributed by atoms with van der Waals surface area (Å²) in [5.41, 5.74) is 8.15. The molecular formula is C14H17N3S. The molecule has 0 amide bonds. The van der Waals surface area contributed by atoms with Crippen molar-refractivity contribution in [2.75, 3.05) is 0 Å². The molecule has 0 aromatic carbocycles. The molecule has 0 spiro atoms. The largest absolute Gasteiger partial charge is 0.328 e. The van der Waals surface area contributed by atoms with Crippen molar-refractivity contribution in [2.24, 2.45) is 5.73 Å². The van der Waals surface area contributed by atoms with Gasteiger partial charge in [-0.1, -0.05) is 12.1 Å². The third-order valence-electron chi connectivity index (χ3n) is 2.48. The van der Waals surface area contributed by atoms with Gasteiger partial charge in [0.1, 0.15) is 10.1 Å². The van der Waals surface area contributed by atoms with Crippen LogP contribution in [0.5, 0.6) is 0 Å². The Morgan fingerprint density at radius 2 is 2.17 bits per heavy atom. The van der Waals surface area contributed by atoms with E-state index in [1.165, 1.54) is 11.1 Å². The zero-order chi connectivity index (χ0) is 13.0. The maximum atomic E-state index is 5.79. The third-order valence-corrected chi connectivity index (χ3v) is 3.55. The summed E-state index contributed by atoms with van der Waals surface area (Å²) in [5.74, 6) is 0. The average Bonchev–Trinajstić information content (AvgIpc) is 2.33. The predicted octanol–water partition coefficient (Wildman–Crippen LogP) is 2.83. The molecule has 18 heavy (non-hydrogen) atoms. The summed E-state index contributed by atoms with van der Waals surface area (Å²) >= 11 is 1.59. The summed E-state index contributed by atoms with van der Waals surface area (Å²) in [6.45, 7) is 4.08. The van der Waals surface area contributed by atoms with Crippen LogP contribution in [0.3, 0.4) is 0 Å². The number of nitrogens with zero attached hydrogens (tertiary/aromatic N) is 2. The van der Waals surface area contributed by atoms with Gasteiger partial charge in [0, 0.05) is 18.4 Å². The molecule has 0 fully saturated rings. The minimum Gasteiger partial charge on any atom is -0.328 e. The lowest BCUT2D eigenvalue weighted by atomic mass is 10.1. The normalized spacial score (nSPS) is 12.4. The van der Waals surface area contributed by atoms with Crippen LogP contribution in [0.25, 0.3) is 0 Å². The molecule has 0 radical (unpaired) electrons. The summed E-state index contributed by atoms with van der Waals surface area (Å²) in [7, 11) is 0. The smallest absolute Gasteiger partial charge is 0.105 e. The fourth-order valence-corrected chi connectivity index (χ4v) is 2.50. The standard InChI is InChI=1S/C14H17N3S/c1-10-7-12(8-11(2)15)9-17-14(10)18-13-5-3-4-6-16-13/h3-7,9,11H,8,15H2,1-2H3. The monoisotopic (exact) mass is 259 g/mol. The van der Waals surface area contributed by atoms with Gasteiger partial charge in [0.25, 0.3) is 0 Å². The Morgan fingerprint density at radius 3 is 2.78 bits per heavy atom. The first-order valence-electron chi connectivity index (χ1n) is 5.95. The first-order valence-corrected chi connectivity index (χ1v) is 6.77. The van der Waals surface area contributed by atoms with Gasteiger partial charge in [-0.2, -0.15) is 0 Å². The van der Waals surface area contributed by atoms with Gasteiger partial charge < -0.3 is 5.73 Å². The highest BCUT2D eigenvalue weighted by Gasteiger charge is 2.06. The first kappa shape index (κ1) is 13.1. The van der Waals surface area contributed by atoms with Crippen molar-refractivity contribution in [1.29, 1.82) is 0 Å². The van der Waals surface area contributed by atoms with E-state index in [0.29, 0.717) is 0 Å². The van der Waals surface area contributed by atoms with Gasteiger partial charge in [-0.25, -0.2) is 9.97 Å². The first-order chi connectivity index (χ1) is 8.65. The van der Waals surface area contributed by atoms with Crippen molar-refractivity contribution < 1.29 is 0 Å². The number of aryl methyl sites for hydroxylation is 1. The minimum atomic E-state index is 0.167. The number of hydrogen-bond acceptors (Lipinski definition) is 4. The molecule has 2 aromatic rings. The summed E-state index contributed by atoms with van der Waals surface area (Å²) < 4.78 is 0. The van der Waals surface area contributed by atoms with Gasteiger partial charge in [0.2, 0.25) is 0 Å². The molecule has 2 rings (SSSR count). The molecule has 2 heterocycles. The molecule has 2 N–H and O–H groups in total. The van der Waals surface area contributed by atoms with Crippen LogP contribution in [0.15, 0.2) is 46.7 Å². The van der Waals surface area contributed by atoms with Gasteiger partial charge >= 0.3 is 0 Å². The molecule has 4 heteroatoms. The quantitative estimate of drug-likeness (QED) is 0.917. The molecule has 94 valence electrons. The molecule has 0 aliphatic heterocycles. The van der Waals surface area contributed by atoms with Gasteiger partial charge in [-0.15, -0.1) is 0 Å². The second-order valence-electron chi connectivity index (χ2n) is 4.42. The van der Waals surface area contributed by atoms with Crippen molar-refractivity contribution in [3.05, 3.63) is 47.8 Å². The van der Waals surface area contributed by atoms with E-state index in [-0.39, 0.29) is 6.04 Å². The van der Waals surface area contributed by atoms with E-state index in [4.69, 9.17) is 5.73 Å². The summed E-state index contributed by atoms with van der Waals surface area (Å²) in [5, 5.41) is 1.97. The van der Waals surface area contributed by atoms with Crippen LogP contribution in [-0.4, -0.2) is 16.0 Å². The maximum Gasteiger partial charge on any atom is 0.105 e. The summed E-state index contributed by atoms with van der Waals surface area (Å²) in [6.07, 6.45) is 4.56. The Hall–Kier alpha value is -1.39. The molecule has 0 aliphatic rings. The topological polar surface area (TPSA) is 51.8 Å². The Morgan fingerprint density at radius 1 is 1.33 bits per heavy atom. The molecule has 0 saturated heterocycles. The van der Waals surface area contributed by atoms with Crippen molar-refractivity contribution in [3.8, 4) is 0 Å². The Kier molecular flexibility index (Phi) is 4.33. The molecule has 1 unspecified atom stereocenters. The van der Waals surface area contributed by atoms with E-state index in [2.05, 4.69) is 23.0 Å². The number of pyridine rings is 2. The van der Waals surface area contributed by atoms with Gasteiger partial charge in [0.05, 0.1) is 0 Å². The highest BCUT2D eigenvalue weighted by atomic mass is 32.2. The van der Waals surface area contributed by atoms with Crippen molar-refractivity contribution in [3.63, 3.8) is 0 Å². The van der Waals surface area contributed by atoms with E-state index in [1.807, 2.05) is 31.3 Å². The van der Waals surface area contributed by atoms with Crippen LogP contribution in [0.2, 0.25) is 0 Å². The molecule has 1 atom stereocenters. The molecule has 0 aliphatic carbocycles. The van der Waals surface area contributed by atoms with Crippen molar-refractivity contribution >= 4 is 11.8 Å². The second kappa shape index (κ2) is 5.98. The van der Waals surface area contributed by atoms with Gasteiger partial charge in [-0.05, 0) is 55.3 Å². The number of aromatic nitrogens is 2. The van der Waals surface area contributed by atoms with Crippen molar-refractivity contribution in [1.82, 2.24) is 9.97 Å². The Balaban J connectivity index is 2.15. The lowest BCUT2D eigenvalue weighted by molar-refractivity contribution is 0.733. The van der Waals surface area contributed by atoms with Gasteiger partial charge in [0.15, 0.2) is 0 Å². The Bertz CT molecular complexity index is 512. The molecule has 2 aromatic heterocycles. The zero-order valence-corrected chi connectivity index (χ0v) is 11.4. The van der Waals surface area contributed by atoms with E-state index >= 15 is 0 Å². The summed E-state index contributed by atoms with van der Waals surface area (Å²) in [4.78, 5) is 8.78. The molecular weight excluding hydrogens is 242 g/mol. The lowest BCUT2D eigenvalue weighted by Crippen LogP contribution is -2.17. The molecule has 0 saturated carbocycles. The fourth-order valence-electron chi connectivity index (χ4n) is 1.72. The predicted molar refractivity (Wildman–Crippen MR) is 74.7 cm³/mol. The third kappa shape index (κ3) is 3.55. The Labute approximate surface area is 112 Å². The van der Waals surface area contributed by atoms with Crippen LogP contribution < -0.4 is 5.73 Å². The SMILES string of the molecule is Cc1cc(CC(C)N)cnc1Sc1ccccn1. The number of nitrogens with two attached hydrogens (primary N) is 1. The van der Waals surface area contributed by atoms with E-state index in [0.717, 1.165) is 16.5 Å². The van der Waals surface area contributed by atoms with Crippen LogP contribution in [0.1, 0.15) is 18.1 Å². The number of rotatable bonds is 4. The lowest BCUT2D eigenvalue weighted by Gasteiger charge is -2.08. The van der Waals surface area contributed by atoms with Gasteiger partial charge in [-0.3, -0.25) is 0 Å². The fraction of sp³-hybridized carbons (Fsp3) is 0.286. The van der Waals surface area contributed by atoms with E-state index in [1.54, 1.807) is 18.0 Å². The molecule has 3 nitrogen and oxygen atoms in total. The second-order valence-corrected chi connectivity index (χ2v) is 5.43. The average molecular weight is 259 g/mol.